The second-order valence-electron chi connectivity index (χ2n) is 4.96. The van der Waals surface area contributed by atoms with Crippen LogP contribution in [0.2, 0.25) is 0 Å². The van der Waals surface area contributed by atoms with E-state index in [1.165, 1.54) is 43.4 Å². The van der Waals surface area contributed by atoms with Crippen molar-refractivity contribution in [3.63, 3.8) is 0 Å². The lowest BCUT2D eigenvalue weighted by atomic mass is 10.1. The fourth-order valence-electron chi connectivity index (χ4n) is 1.98. The van der Waals surface area contributed by atoms with E-state index in [1.807, 2.05) is 11.4 Å². The summed E-state index contributed by atoms with van der Waals surface area (Å²) in [5, 5.41) is 13.6. The zero-order valence-corrected chi connectivity index (χ0v) is 13.6. The molecule has 1 amide bonds. The summed E-state index contributed by atoms with van der Waals surface area (Å²) in [4.78, 5) is 12.7. The van der Waals surface area contributed by atoms with E-state index < -0.39 is 0 Å². The molecule has 116 valence electrons. The summed E-state index contributed by atoms with van der Waals surface area (Å²) >= 11 is 1.41. The fraction of sp³-hybridized carbons (Fsp3) is 0.588. The van der Waals surface area contributed by atoms with Gasteiger partial charge >= 0.3 is 0 Å². The van der Waals surface area contributed by atoms with Crippen molar-refractivity contribution in [3.05, 3.63) is 21.9 Å². The van der Waals surface area contributed by atoms with Gasteiger partial charge in [-0.15, -0.1) is 11.3 Å². The fourth-order valence-corrected chi connectivity index (χ4v) is 2.75. The molecule has 1 aromatic heterocycles. The molecule has 0 spiro atoms. The SMILES string of the molecule is CCCCCCCCNC(=O)c1sccc1C#CCCO. The highest BCUT2D eigenvalue weighted by atomic mass is 32.1. The molecule has 3 nitrogen and oxygen atoms in total. The van der Waals surface area contributed by atoms with E-state index in [0.29, 0.717) is 11.3 Å². The van der Waals surface area contributed by atoms with Crippen molar-refractivity contribution < 1.29 is 9.90 Å². The standard InChI is InChI=1S/C17H25NO2S/c1-2-3-4-5-6-8-12-18-17(20)16-15(11-14-21-16)10-7-9-13-19/h11,14,19H,2-6,8-9,12-13H2,1H3,(H,18,20). The number of aliphatic hydroxyl groups is 1. The van der Waals surface area contributed by atoms with Crippen molar-refractivity contribution in [2.45, 2.75) is 51.9 Å². The first kappa shape index (κ1) is 17.7. The van der Waals surface area contributed by atoms with Crippen LogP contribution in [0.3, 0.4) is 0 Å². The molecule has 1 heterocycles. The molecule has 4 heteroatoms. The van der Waals surface area contributed by atoms with Gasteiger partial charge in [0.2, 0.25) is 0 Å². The van der Waals surface area contributed by atoms with Crippen LogP contribution in [0.15, 0.2) is 11.4 Å². The molecule has 1 rings (SSSR count). The Bertz CT molecular complexity index is 471. The van der Waals surface area contributed by atoms with Crippen LogP contribution in [0.25, 0.3) is 0 Å². The molecule has 0 aliphatic carbocycles. The molecule has 0 fully saturated rings. The summed E-state index contributed by atoms with van der Waals surface area (Å²) in [6.07, 6.45) is 7.75. The summed E-state index contributed by atoms with van der Waals surface area (Å²) in [6.45, 7) is 2.99. The average molecular weight is 307 g/mol. The minimum atomic E-state index is -0.0353. The predicted octanol–water partition coefficient (Wildman–Crippen LogP) is 3.57. The summed E-state index contributed by atoms with van der Waals surface area (Å²) in [7, 11) is 0. The molecule has 0 unspecified atom stereocenters. The highest BCUT2D eigenvalue weighted by Crippen LogP contribution is 2.15. The second kappa shape index (κ2) is 11.4. The Hall–Kier alpha value is -1.31. The smallest absolute Gasteiger partial charge is 0.262 e. The summed E-state index contributed by atoms with van der Waals surface area (Å²) in [5.74, 6) is 5.76. The molecule has 1 aromatic rings. The maximum Gasteiger partial charge on any atom is 0.262 e. The Morgan fingerprint density at radius 2 is 2.05 bits per heavy atom. The summed E-state index contributed by atoms with van der Waals surface area (Å²) in [5.41, 5.74) is 0.758. The molecular formula is C17H25NO2S. The van der Waals surface area contributed by atoms with Crippen molar-refractivity contribution in [1.82, 2.24) is 5.32 Å². The van der Waals surface area contributed by atoms with E-state index in [4.69, 9.17) is 5.11 Å². The zero-order chi connectivity index (χ0) is 15.3. The molecule has 0 aliphatic rings. The highest BCUT2D eigenvalue weighted by Gasteiger charge is 2.10. The van der Waals surface area contributed by atoms with Crippen molar-refractivity contribution in [2.24, 2.45) is 0 Å². The Morgan fingerprint density at radius 3 is 2.81 bits per heavy atom. The van der Waals surface area contributed by atoms with E-state index in [9.17, 15) is 4.79 Å². The van der Waals surface area contributed by atoms with Gasteiger partial charge in [-0.3, -0.25) is 4.79 Å². The monoisotopic (exact) mass is 307 g/mol. The lowest BCUT2D eigenvalue weighted by molar-refractivity contribution is 0.0957. The normalized spacial score (nSPS) is 10.0. The van der Waals surface area contributed by atoms with Gasteiger partial charge in [0.1, 0.15) is 4.88 Å². The molecule has 21 heavy (non-hydrogen) atoms. The Morgan fingerprint density at radius 1 is 1.29 bits per heavy atom. The van der Waals surface area contributed by atoms with Gasteiger partial charge < -0.3 is 10.4 Å². The van der Waals surface area contributed by atoms with Crippen LogP contribution in [0.4, 0.5) is 0 Å². The lowest BCUT2D eigenvalue weighted by Crippen LogP contribution is -2.24. The summed E-state index contributed by atoms with van der Waals surface area (Å²) in [6, 6.07) is 1.86. The van der Waals surface area contributed by atoms with E-state index in [2.05, 4.69) is 24.1 Å². The molecule has 0 saturated carbocycles. The highest BCUT2D eigenvalue weighted by molar-refractivity contribution is 7.12. The van der Waals surface area contributed by atoms with Crippen LogP contribution < -0.4 is 5.32 Å². The van der Waals surface area contributed by atoms with Crippen LogP contribution in [0.5, 0.6) is 0 Å². The number of aliphatic hydroxyl groups excluding tert-OH is 1. The van der Waals surface area contributed by atoms with E-state index >= 15 is 0 Å². The Labute approximate surface area is 131 Å². The Kier molecular flexibility index (Phi) is 9.60. The quantitative estimate of drug-likeness (QED) is 0.541. The number of nitrogens with one attached hydrogen (secondary N) is 1. The number of unbranched alkanes of at least 4 members (excludes halogenated alkanes) is 5. The minimum Gasteiger partial charge on any atom is -0.395 e. The van der Waals surface area contributed by atoms with Gasteiger partial charge in [0, 0.05) is 18.5 Å². The van der Waals surface area contributed by atoms with Gasteiger partial charge in [0.05, 0.1) is 6.61 Å². The third-order valence-electron chi connectivity index (χ3n) is 3.15. The molecule has 0 aromatic carbocycles. The first-order valence-corrected chi connectivity index (χ1v) is 8.63. The molecular weight excluding hydrogens is 282 g/mol. The topological polar surface area (TPSA) is 49.3 Å². The van der Waals surface area contributed by atoms with Gasteiger partial charge in [0.25, 0.3) is 5.91 Å². The number of rotatable bonds is 9. The van der Waals surface area contributed by atoms with Gasteiger partial charge in [-0.1, -0.05) is 50.9 Å². The van der Waals surface area contributed by atoms with Crippen LogP contribution in [0.1, 0.15) is 67.1 Å². The number of thiophene rings is 1. The van der Waals surface area contributed by atoms with Crippen molar-refractivity contribution >= 4 is 17.2 Å². The van der Waals surface area contributed by atoms with E-state index in [1.54, 1.807) is 0 Å². The van der Waals surface area contributed by atoms with E-state index in [-0.39, 0.29) is 12.5 Å². The van der Waals surface area contributed by atoms with Gasteiger partial charge in [-0.05, 0) is 17.9 Å². The number of amides is 1. The minimum absolute atomic E-state index is 0.0353. The first-order chi connectivity index (χ1) is 10.3. The third-order valence-corrected chi connectivity index (χ3v) is 4.06. The average Bonchev–Trinajstić information content (AvgIpc) is 2.95. The second-order valence-corrected chi connectivity index (χ2v) is 5.88. The molecule has 0 saturated heterocycles. The van der Waals surface area contributed by atoms with Crippen molar-refractivity contribution in [1.29, 1.82) is 0 Å². The van der Waals surface area contributed by atoms with Crippen LogP contribution in [0, 0.1) is 11.8 Å². The molecule has 2 N–H and O–H groups in total. The third kappa shape index (κ3) is 7.31. The number of hydrogen-bond donors (Lipinski definition) is 2. The molecule has 0 bridgehead atoms. The van der Waals surface area contributed by atoms with Crippen molar-refractivity contribution in [2.75, 3.05) is 13.2 Å². The van der Waals surface area contributed by atoms with Gasteiger partial charge in [-0.2, -0.15) is 0 Å². The van der Waals surface area contributed by atoms with Gasteiger partial charge in [0.15, 0.2) is 0 Å². The molecule has 0 radical (unpaired) electrons. The van der Waals surface area contributed by atoms with Gasteiger partial charge in [-0.25, -0.2) is 0 Å². The zero-order valence-electron chi connectivity index (χ0n) is 12.8. The maximum absolute atomic E-state index is 12.1. The largest absolute Gasteiger partial charge is 0.395 e. The van der Waals surface area contributed by atoms with Crippen LogP contribution in [-0.2, 0) is 0 Å². The number of carbonyl (C=O) groups excluding carboxylic acids is 1. The maximum atomic E-state index is 12.1. The summed E-state index contributed by atoms with van der Waals surface area (Å²) < 4.78 is 0. The predicted molar refractivity (Wildman–Crippen MR) is 88.6 cm³/mol. The Balaban J connectivity index is 2.30. The molecule has 0 aliphatic heterocycles. The van der Waals surface area contributed by atoms with Crippen molar-refractivity contribution in [3.8, 4) is 11.8 Å². The van der Waals surface area contributed by atoms with Crippen LogP contribution in [-0.4, -0.2) is 24.2 Å². The number of carbonyl (C=O) groups is 1. The van der Waals surface area contributed by atoms with E-state index in [0.717, 1.165) is 18.5 Å². The lowest BCUT2D eigenvalue weighted by Gasteiger charge is -2.04. The van der Waals surface area contributed by atoms with Crippen LogP contribution >= 0.6 is 11.3 Å². The molecule has 0 atom stereocenters. The first-order valence-electron chi connectivity index (χ1n) is 7.75. The number of hydrogen-bond acceptors (Lipinski definition) is 3.